The van der Waals surface area contributed by atoms with Crippen LogP contribution in [0.4, 0.5) is 5.69 Å². The highest BCUT2D eigenvalue weighted by molar-refractivity contribution is 7.80. The van der Waals surface area contributed by atoms with Gasteiger partial charge >= 0.3 is 0 Å². The Morgan fingerprint density at radius 3 is 2.45 bits per heavy atom. The number of rotatable bonds is 4. The molecule has 0 aliphatic rings. The number of nitrogens with one attached hydrogen (secondary N) is 1. The molecule has 0 saturated carbocycles. The summed E-state index contributed by atoms with van der Waals surface area (Å²) in [4.78, 5) is 2.01. The van der Waals surface area contributed by atoms with Crippen LogP contribution in [0.5, 0.6) is 5.75 Å². The van der Waals surface area contributed by atoms with Crippen molar-refractivity contribution < 1.29 is 4.74 Å². The molecule has 0 atom stereocenters. The predicted octanol–water partition coefficient (Wildman–Crippen LogP) is 2.87. The van der Waals surface area contributed by atoms with Crippen molar-refractivity contribution in [3.8, 4) is 5.75 Å². The van der Waals surface area contributed by atoms with Crippen LogP contribution in [0.25, 0.3) is 0 Å². The monoisotopic (exact) mass is 318 g/mol. The van der Waals surface area contributed by atoms with E-state index in [9.17, 15) is 0 Å². The maximum atomic E-state index is 5.47. The first-order chi connectivity index (χ1) is 10.4. The second-order valence-electron chi connectivity index (χ2n) is 5.29. The first-order valence-electron chi connectivity index (χ1n) is 7.07. The van der Waals surface area contributed by atoms with Gasteiger partial charge in [0.2, 0.25) is 0 Å². The van der Waals surface area contributed by atoms with Crippen LogP contribution in [0, 0.1) is 13.8 Å². The standard InChI is InChI=1S/C16H22N4OS/c1-11-15(12(2)20(4)18-11)10-19(3)16(22)17-13-6-8-14(21-5)9-7-13/h6-9H,10H2,1-5H3,(H,17,22). The molecule has 6 heteroatoms. The Morgan fingerprint density at radius 2 is 1.95 bits per heavy atom. The van der Waals surface area contributed by atoms with E-state index in [0.29, 0.717) is 5.11 Å². The Labute approximate surface area is 136 Å². The van der Waals surface area contributed by atoms with E-state index >= 15 is 0 Å². The second kappa shape index (κ2) is 6.79. The third-order valence-corrected chi connectivity index (χ3v) is 4.16. The fourth-order valence-corrected chi connectivity index (χ4v) is 2.43. The quantitative estimate of drug-likeness (QED) is 0.878. The lowest BCUT2D eigenvalue weighted by Gasteiger charge is -2.21. The van der Waals surface area contributed by atoms with Crippen LogP contribution in [-0.2, 0) is 13.6 Å². The lowest BCUT2D eigenvalue weighted by molar-refractivity contribution is 0.415. The molecule has 118 valence electrons. The number of thiocarbonyl (C=S) groups is 1. The van der Waals surface area contributed by atoms with Gasteiger partial charge in [-0.05, 0) is 50.3 Å². The minimum atomic E-state index is 0.674. The summed E-state index contributed by atoms with van der Waals surface area (Å²) in [6.45, 7) is 4.83. The molecule has 0 amide bonds. The maximum Gasteiger partial charge on any atom is 0.173 e. The molecule has 0 unspecified atom stereocenters. The number of anilines is 1. The molecular weight excluding hydrogens is 296 g/mol. The Balaban J connectivity index is 2.02. The smallest absolute Gasteiger partial charge is 0.173 e. The summed E-state index contributed by atoms with van der Waals surface area (Å²) in [6.07, 6.45) is 0. The molecule has 5 nitrogen and oxygen atoms in total. The first kappa shape index (κ1) is 16.3. The Hall–Kier alpha value is -2.08. The summed E-state index contributed by atoms with van der Waals surface area (Å²) in [5.74, 6) is 0.825. The van der Waals surface area contributed by atoms with Gasteiger partial charge in [-0.2, -0.15) is 5.10 Å². The van der Waals surface area contributed by atoms with Gasteiger partial charge in [-0.1, -0.05) is 0 Å². The predicted molar refractivity (Wildman–Crippen MR) is 93.4 cm³/mol. The number of methoxy groups -OCH3 is 1. The molecule has 0 fully saturated rings. The van der Waals surface area contributed by atoms with Crippen LogP contribution in [0.15, 0.2) is 24.3 Å². The number of ether oxygens (including phenoxy) is 1. The third kappa shape index (κ3) is 3.57. The molecule has 2 rings (SSSR count). The lowest BCUT2D eigenvalue weighted by atomic mass is 10.2. The molecular formula is C16H22N4OS. The summed E-state index contributed by atoms with van der Waals surface area (Å²) in [5, 5.41) is 8.35. The van der Waals surface area contributed by atoms with E-state index in [1.54, 1.807) is 7.11 Å². The van der Waals surface area contributed by atoms with Crippen molar-refractivity contribution in [1.82, 2.24) is 14.7 Å². The summed E-state index contributed by atoms with van der Waals surface area (Å²) < 4.78 is 7.05. The van der Waals surface area contributed by atoms with Crippen molar-refractivity contribution in [2.24, 2.45) is 7.05 Å². The van der Waals surface area contributed by atoms with Gasteiger partial charge in [0.05, 0.1) is 12.8 Å². The van der Waals surface area contributed by atoms with E-state index < -0.39 is 0 Å². The fraction of sp³-hybridized carbons (Fsp3) is 0.375. The number of aromatic nitrogens is 2. The van der Waals surface area contributed by atoms with Crippen LogP contribution in [0.3, 0.4) is 0 Å². The number of aryl methyl sites for hydroxylation is 2. The molecule has 2 aromatic rings. The zero-order chi connectivity index (χ0) is 16.3. The fourth-order valence-electron chi connectivity index (χ4n) is 2.25. The average Bonchev–Trinajstić information content (AvgIpc) is 2.74. The zero-order valence-corrected chi connectivity index (χ0v) is 14.5. The van der Waals surface area contributed by atoms with Crippen LogP contribution in [0.1, 0.15) is 17.0 Å². The van der Waals surface area contributed by atoms with Crippen molar-refractivity contribution in [3.05, 3.63) is 41.2 Å². The van der Waals surface area contributed by atoms with E-state index in [-0.39, 0.29) is 0 Å². The van der Waals surface area contributed by atoms with Gasteiger partial charge in [-0.3, -0.25) is 4.68 Å². The van der Waals surface area contributed by atoms with Crippen LogP contribution < -0.4 is 10.1 Å². The SMILES string of the molecule is COc1ccc(NC(=S)N(C)Cc2c(C)nn(C)c2C)cc1. The van der Waals surface area contributed by atoms with Gasteiger partial charge in [0, 0.05) is 37.6 Å². The molecule has 0 aliphatic heterocycles. The molecule has 22 heavy (non-hydrogen) atoms. The number of hydrogen-bond acceptors (Lipinski definition) is 3. The minimum Gasteiger partial charge on any atom is -0.497 e. The van der Waals surface area contributed by atoms with Crippen molar-refractivity contribution in [2.75, 3.05) is 19.5 Å². The lowest BCUT2D eigenvalue weighted by Crippen LogP contribution is -2.30. The van der Waals surface area contributed by atoms with E-state index in [1.165, 1.54) is 5.56 Å². The van der Waals surface area contributed by atoms with Gasteiger partial charge in [0.25, 0.3) is 0 Å². The Kier molecular flexibility index (Phi) is 5.03. The van der Waals surface area contributed by atoms with E-state index in [4.69, 9.17) is 17.0 Å². The highest BCUT2D eigenvalue weighted by atomic mass is 32.1. The van der Waals surface area contributed by atoms with Crippen molar-refractivity contribution in [1.29, 1.82) is 0 Å². The molecule has 0 radical (unpaired) electrons. The summed E-state index contributed by atoms with van der Waals surface area (Å²) >= 11 is 5.47. The number of nitrogens with zero attached hydrogens (tertiary/aromatic N) is 3. The van der Waals surface area contributed by atoms with E-state index in [2.05, 4.69) is 17.3 Å². The normalized spacial score (nSPS) is 10.4. The van der Waals surface area contributed by atoms with E-state index in [0.717, 1.165) is 29.4 Å². The van der Waals surface area contributed by atoms with Gasteiger partial charge in [-0.25, -0.2) is 0 Å². The van der Waals surface area contributed by atoms with Crippen LogP contribution in [0.2, 0.25) is 0 Å². The summed E-state index contributed by atoms with van der Waals surface area (Å²) in [7, 11) is 5.59. The van der Waals surface area contributed by atoms with Crippen LogP contribution >= 0.6 is 12.2 Å². The highest BCUT2D eigenvalue weighted by Crippen LogP contribution is 2.17. The largest absolute Gasteiger partial charge is 0.497 e. The Bertz CT molecular complexity index is 664. The van der Waals surface area contributed by atoms with Gasteiger partial charge in [-0.15, -0.1) is 0 Å². The van der Waals surface area contributed by atoms with Gasteiger partial charge in [0.15, 0.2) is 5.11 Å². The third-order valence-electron chi connectivity index (χ3n) is 3.74. The molecule has 1 aromatic heterocycles. The number of benzene rings is 1. The maximum absolute atomic E-state index is 5.47. The molecule has 0 saturated heterocycles. The highest BCUT2D eigenvalue weighted by Gasteiger charge is 2.13. The van der Waals surface area contributed by atoms with Crippen molar-refractivity contribution >= 4 is 23.0 Å². The van der Waals surface area contributed by atoms with E-state index in [1.807, 2.05) is 54.9 Å². The molecule has 1 heterocycles. The Morgan fingerprint density at radius 1 is 1.32 bits per heavy atom. The molecule has 0 aliphatic carbocycles. The topological polar surface area (TPSA) is 42.3 Å². The minimum absolute atomic E-state index is 0.674. The molecule has 1 aromatic carbocycles. The summed E-state index contributed by atoms with van der Waals surface area (Å²) in [6, 6.07) is 7.69. The van der Waals surface area contributed by atoms with Crippen molar-refractivity contribution in [2.45, 2.75) is 20.4 Å². The average molecular weight is 318 g/mol. The molecule has 0 spiro atoms. The molecule has 0 bridgehead atoms. The summed E-state index contributed by atoms with van der Waals surface area (Å²) in [5.41, 5.74) is 4.36. The van der Waals surface area contributed by atoms with Gasteiger partial charge < -0.3 is 15.0 Å². The second-order valence-corrected chi connectivity index (χ2v) is 5.67. The molecule has 1 N–H and O–H groups in total. The van der Waals surface area contributed by atoms with Gasteiger partial charge in [0.1, 0.15) is 5.75 Å². The van der Waals surface area contributed by atoms with Crippen LogP contribution in [-0.4, -0.2) is 34.0 Å². The first-order valence-corrected chi connectivity index (χ1v) is 7.48. The number of hydrogen-bond donors (Lipinski definition) is 1. The van der Waals surface area contributed by atoms with Crippen molar-refractivity contribution in [3.63, 3.8) is 0 Å². The zero-order valence-electron chi connectivity index (χ0n) is 13.7.